The van der Waals surface area contributed by atoms with Gasteiger partial charge in [0.15, 0.2) is 0 Å². The average molecular weight is 416 g/mol. The highest BCUT2D eigenvalue weighted by Crippen LogP contribution is 2.24. The van der Waals surface area contributed by atoms with Crippen molar-refractivity contribution in [2.24, 2.45) is 0 Å². The maximum absolute atomic E-state index is 12.4. The van der Waals surface area contributed by atoms with Gasteiger partial charge in [-0.05, 0) is 61.7 Å². The molecule has 3 rings (SSSR count). The summed E-state index contributed by atoms with van der Waals surface area (Å²) in [5.74, 6) is -0.230. The molecule has 2 N–H and O–H groups in total. The molecule has 0 spiro atoms. The minimum Gasteiger partial charge on any atom is -0.326 e. The number of aryl methyl sites for hydroxylation is 2. The number of hydrogen-bond donors (Lipinski definition) is 2. The Balaban J connectivity index is 1.55. The molecule has 0 atom stereocenters. The van der Waals surface area contributed by atoms with Crippen LogP contribution >= 0.6 is 0 Å². The molecule has 2 aromatic rings. The molecule has 0 bridgehead atoms. The van der Waals surface area contributed by atoms with Crippen LogP contribution in [0.5, 0.6) is 0 Å². The molecule has 2 aromatic carbocycles. The van der Waals surface area contributed by atoms with Gasteiger partial charge in [0.2, 0.25) is 21.8 Å². The Hall–Kier alpha value is -2.71. The summed E-state index contributed by atoms with van der Waals surface area (Å²) < 4.78 is 27.2. The summed E-state index contributed by atoms with van der Waals surface area (Å²) in [5.41, 5.74) is 3.23. The zero-order valence-corrected chi connectivity index (χ0v) is 17.4. The summed E-state index contributed by atoms with van der Waals surface area (Å²) in [6, 6.07) is 12.0. The number of carbonyl (C=O) groups is 2. The monoisotopic (exact) mass is 415 g/mol. The highest BCUT2D eigenvalue weighted by atomic mass is 32.2. The molecular weight excluding hydrogens is 390 g/mol. The van der Waals surface area contributed by atoms with Crippen molar-refractivity contribution < 1.29 is 18.0 Å². The molecule has 0 aromatic heterocycles. The molecule has 0 radical (unpaired) electrons. The third-order valence-corrected chi connectivity index (χ3v) is 6.41. The van der Waals surface area contributed by atoms with Gasteiger partial charge in [-0.15, -0.1) is 0 Å². The number of rotatable bonds is 7. The van der Waals surface area contributed by atoms with E-state index in [-0.39, 0.29) is 29.7 Å². The van der Waals surface area contributed by atoms with Crippen molar-refractivity contribution in [3.8, 4) is 0 Å². The second-order valence-corrected chi connectivity index (χ2v) is 8.91. The van der Waals surface area contributed by atoms with Crippen molar-refractivity contribution in [3.05, 3.63) is 53.6 Å². The number of benzene rings is 2. The molecule has 1 aliphatic rings. The van der Waals surface area contributed by atoms with E-state index in [0.29, 0.717) is 18.7 Å². The van der Waals surface area contributed by atoms with Crippen LogP contribution in [-0.4, -0.2) is 33.3 Å². The van der Waals surface area contributed by atoms with Crippen LogP contribution in [0, 0.1) is 13.8 Å². The second kappa shape index (κ2) is 8.75. The largest absolute Gasteiger partial charge is 0.326 e. The Labute approximate surface area is 171 Å². The minimum absolute atomic E-state index is 0.00303. The SMILES string of the molecule is Cc1ccc(S(=O)(=O)NCCC(=O)Nc2cccc(N3CCCC3=O)c2)cc1C. The quantitative estimate of drug-likeness (QED) is 0.727. The van der Waals surface area contributed by atoms with E-state index >= 15 is 0 Å². The van der Waals surface area contributed by atoms with Crippen LogP contribution in [0.1, 0.15) is 30.4 Å². The van der Waals surface area contributed by atoms with Crippen LogP contribution in [0.3, 0.4) is 0 Å². The smallest absolute Gasteiger partial charge is 0.240 e. The van der Waals surface area contributed by atoms with Crippen LogP contribution in [0.15, 0.2) is 47.4 Å². The molecule has 1 saturated heterocycles. The Kier molecular flexibility index (Phi) is 6.34. The summed E-state index contributed by atoms with van der Waals surface area (Å²) in [6.07, 6.45) is 1.37. The summed E-state index contributed by atoms with van der Waals surface area (Å²) in [5, 5.41) is 2.75. The molecule has 0 unspecified atom stereocenters. The molecule has 2 amide bonds. The predicted molar refractivity (Wildman–Crippen MR) is 112 cm³/mol. The summed E-state index contributed by atoms with van der Waals surface area (Å²) in [6.45, 7) is 4.44. The Morgan fingerprint density at radius 3 is 2.59 bits per heavy atom. The van der Waals surface area contributed by atoms with E-state index in [9.17, 15) is 18.0 Å². The maximum atomic E-state index is 12.4. The van der Waals surface area contributed by atoms with Gasteiger partial charge in [-0.25, -0.2) is 13.1 Å². The van der Waals surface area contributed by atoms with Crippen LogP contribution in [0.4, 0.5) is 11.4 Å². The number of nitrogens with zero attached hydrogens (tertiary/aromatic N) is 1. The first-order valence-corrected chi connectivity index (χ1v) is 11.0. The molecule has 1 fully saturated rings. The molecule has 8 heteroatoms. The van der Waals surface area contributed by atoms with E-state index in [1.807, 2.05) is 19.9 Å². The number of carbonyl (C=O) groups excluding carboxylic acids is 2. The van der Waals surface area contributed by atoms with Gasteiger partial charge in [0.05, 0.1) is 4.90 Å². The fraction of sp³-hybridized carbons (Fsp3) is 0.333. The number of hydrogen-bond acceptors (Lipinski definition) is 4. The van der Waals surface area contributed by atoms with E-state index in [0.717, 1.165) is 23.2 Å². The van der Waals surface area contributed by atoms with Crippen molar-refractivity contribution in [3.63, 3.8) is 0 Å². The fourth-order valence-electron chi connectivity index (χ4n) is 3.16. The molecule has 1 heterocycles. The third kappa shape index (κ3) is 5.21. The molecule has 7 nitrogen and oxygen atoms in total. The van der Waals surface area contributed by atoms with Crippen molar-refractivity contribution >= 4 is 33.2 Å². The van der Waals surface area contributed by atoms with Gasteiger partial charge in [0.1, 0.15) is 0 Å². The normalized spacial score (nSPS) is 14.3. The lowest BCUT2D eigenvalue weighted by Crippen LogP contribution is -2.28. The zero-order chi connectivity index (χ0) is 21.0. The maximum Gasteiger partial charge on any atom is 0.240 e. The topological polar surface area (TPSA) is 95.6 Å². The number of amides is 2. The fourth-order valence-corrected chi connectivity index (χ4v) is 4.28. The average Bonchev–Trinajstić information content (AvgIpc) is 3.10. The van der Waals surface area contributed by atoms with Crippen molar-refractivity contribution in [1.82, 2.24) is 4.72 Å². The second-order valence-electron chi connectivity index (χ2n) is 7.14. The van der Waals surface area contributed by atoms with Crippen LogP contribution < -0.4 is 14.9 Å². The standard InChI is InChI=1S/C21H25N3O4S/c1-15-8-9-19(13-16(15)2)29(27,28)22-11-10-20(25)23-17-5-3-6-18(14-17)24-12-4-7-21(24)26/h3,5-6,8-9,13-14,22H,4,7,10-12H2,1-2H3,(H,23,25). The Bertz CT molecular complexity index is 1030. The molecule has 154 valence electrons. The molecule has 0 saturated carbocycles. The van der Waals surface area contributed by atoms with Crippen molar-refractivity contribution in [1.29, 1.82) is 0 Å². The lowest BCUT2D eigenvalue weighted by molar-refractivity contribution is -0.117. The van der Waals surface area contributed by atoms with Gasteiger partial charge in [-0.1, -0.05) is 12.1 Å². The minimum atomic E-state index is -3.67. The van der Waals surface area contributed by atoms with E-state index in [2.05, 4.69) is 10.0 Å². The third-order valence-electron chi connectivity index (χ3n) is 4.95. The summed E-state index contributed by atoms with van der Waals surface area (Å²) in [7, 11) is -3.67. The zero-order valence-electron chi connectivity index (χ0n) is 16.6. The molecule has 29 heavy (non-hydrogen) atoms. The Morgan fingerprint density at radius 2 is 1.90 bits per heavy atom. The van der Waals surface area contributed by atoms with Gasteiger partial charge in [0, 0.05) is 37.3 Å². The van der Waals surface area contributed by atoms with E-state index < -0.39 is 10.0 Å². The molecule has 1 aliphatic heterocycles. The van der Waals surface area contributed by atoms with Gasteiger partial charge < -0.3 is 10.2 Å². The predicted octanol–water partition coefficient (Wildman–Crippen LogP) is 2.74. The highest BCUT2D eigenvalue weighted by Gasteiger charge is 2.22. The van der Waals surface area contributed by atoms with Crippen LogP contribution in [-0.2, 0) is 19.6 Å². The van der Waals surface area contributed by atoms with Crippen LogP contribution in [0.25, 0.3) is 0 Å². The van der Waals surface area contributed by atoms with E-state index in [4.69, 9.17) is 0 Å². The van der Waals surface area contributed by atoms with Gasteiger partial charge in [0.25, 0.3) is 0 Å². The van der Waals surface area contributed by atoms with Gasteiger partial charge >= 0.3 is 0 Å². The van der Waals surface area contributed by atoms with Gasteiger partial charge in [-0.2, -0.15) is 0 Å². The first-order valence-electron chi connectivity index (χ1n) is 9.53. The molecular formula is C21H25N3O4S. The number of nitrogens with one attached hydrogen (secondary N) is 2. The van der Waals surface area contributed by atoms with E-state index in [1.54, 1.807) is 41.3 Å². The summed E-state index contributed by atoms with van der Waals surface area (Å²) in [4.78, 5) is 26.0. The number of anilines is 2. The molecule has 0 aliphatic carbocycles. The lowest BCUT2D eigenvalue weighted by atomic mass is 10.1. The van der Waals surface area contributed by atoms with Crippen LogP contribution in [0.2, 0.25) is 0 Å². The first-order chi connectivity index (χ1) is 13.8. The lowest BCUT2D eigenvalue weighted by Gasteiger charge is -2.16. The first kappa shape index (κ1) is 21.0. The highest BCUT2D eigenvalue weighted by molar-refractivity contribution is 7.89. The van der Waals surface area contributed by atoms with E-state index in [1.165, 1.54) is 0 Å². The summed E-state index contributed by atoms with van der Waals surface area (Å²) >= 11 is 0. The number of sulfonamides is 1. The Morgan fingerprint density at radius 1 is 1.10 bits per heavy atom. The van der Waals surface area contributed by atoms with Crippen molar-refractivity contribution in [2.45, 2.75) is 38.0 Å². The van der Waals surface area contributed by atoms with Gasteiger partial charge in [-0.3, -0.25) is 9.59 Å². The van der Waals surface area contributed by atoms with Crippen molar-refractivity contribution in [2.75, 3.05) is 23.3 Å².